The van der Waals surface area contributed by atoms with Crippen LogP contribution in [0.2, 0.25) is 0 Å². The number of carbonyl (C=O) groups is 1. The van der Waals surface area contributed by atoms with Gasteiger partial charge in [-0.3, -0.25) is 4.79 Å². The smallest absolute Gasteiger partial charge is 0.260 e. The summed E-state index contributed by atoms with van der Waals surface area (Å²) >= 11 is 0. The molecule has 2 heterocycles. The van der Waals surface area contributed by atoms with Crippen molar-refractivity contribution in [1.29, 1.82) is 0 Å². The Balaban J connectivity index is 1.54. The Labute approximate surface area is 164 Å². The first-order chi connectivity index (χ1) is 14.2. The molecule has 0 unspecified atom stereocenters. The number of hydrogen-bond acceptors (Lipinski definition) is 8. The molecule has 146 valence electrons. The molecule has 0 saturated heterocycles. The van der Waals surface area contributed by atoms with Gasteiger partial charge in [0.2, 0.25) is 0 Å². The molecule has 0 fully saturated rings. The molecule has 0 atom stereocenters. The molecular formula is C19H17N7O3. The van der Waals surface area contributed by atoms with Gasteiger partial charge in [-0.15, -0.1) is 0 Å². The topological polar surface area (TPSA) is 133 Å². The first kappa shape index (κ1) is 18.2. The number of benzene rings is 2. The Morgan fingerprint density at radius 3 is 2.76 bits per heavy atom. The summed E-state index contributed by atoms with van der Waals surface area (Å²) in [4.78, 5) is 17.0. The summed E-state index contributed by atoms with van der Waals surface area (Å²) in [6, 6.07) is 14.7. The van der Waals surface area contributed by atoms with Crippen LogP contribution in [0.4, 0.5) is 5.82 Å². The van der Waals surface area contributed by atoms with Crippen molar-refractivity contribution in [1.82, 2.24) is 25.3 Å². The molecule has 0 aliphatic carbocycles. The number of rotatable bonds is 6. The van der Waals surface area contributed by atoms with E-state index in [2.05, 4.69) is 30.5 Å². The van der Waals surface area contributed by atoms with Crippen LogP contribution in [0, 0.1) is 0 Å². The average Bonchev–Trinajstić information content (AvgIpc) is 3.32. The van der Waals surface area contributed by atoms with Gasteiger partial charge in [0.05, 0.1) is 24.4 Å². The fourth-order valence-electron chi connectivity index (χ4n) is 2.81. The normalized spacial score (nSPS) is 11.2. The zero-order chi connectivity index (χ0) is 20.2. The van der Waals surface area contributed by atoms with Gasteiger partial charge in [0, 0.05) is 0 Å². The van der Waals surface area contributed by atoms with Crippen molar-refractivity contribution < 1.29 is 14.2 Å². The van der Waals surface area contributed by atoms with E-state index >= 15 is 0 Å². The number of amides is 1. The molecule has 29 heavy (non-hydrogen) atoms. The highest BCUT2D eigenvalue weighted by Crippen LogP contribution is 2.26. The quantitative estimate of drug-likeness (QED) is 0.378. The third-order valence-electron chi connectivity index (χ3n) is 4.20. The number of anilines is 1. The zero-order valence-corrected chi connectivity index (χ0v) is 15.4. The lowest BCUT2D eigenvalue weighted by Gasteiger charge is -2.06. The molecule has 2 aromatic heterocycles. The number of nitrogens with two attached hydrogens (primary N) is 1. The molecule has 3 N–H and O–H groups in total. The Hall–Kier alpha value is -4.21. The number of imidazole rings is 1. The molecular weight excluding hydrogens is 374 g/mol. The van der Waals surface area contributed by atoms with E-state index in [4.69, 9.17) is 10.5 Å². The van der Waals surface area contributed by atoms with Crippen LogP contribution in [0.25, 0.3) is 22.6 Å². The number of hydrazone groups is 1. The van der Waals surface area contributed by atoms with Gasteiger partial charge in [-0.2, -0.15) is 5.10 Å². The average molecular weight is 391 g/mol. The van der Waals surface area contributed by atoms with E-state index in [0.29, 0.717) is 11.3 Å². The molecule has 0 aliphatic rings. The first-order valence-electron chi connectivity index (χ1n) is 8.65. The molecule has 4 aromatic rings. The van der Waals surface area contributed by atoms with Gasteiger partial charge in [0.15, 0.2) is 17.3 Å². The Morgan fingerprint density at radius 1 is 1.24 bits per heavy atom. The largest absolute Gasteiger partial charge is 0.497 e. The van der Waals surface area contributed by atoms with Gasteiger partial charge < -0.3 is 15.0 Å². The number of ether oxygens (including phenoxy) is 1. The molecule has 0 spiro atoms. The van der Waals surface area contributed by atoms with Crippen LogP contribution in [0.5, 0.6) is 5.75 Å². The molecule has 10 heteroatoms. The van der Waals surface area contributed by atoms with Crippen LogP contribution >= 0.6 is 0 Å². The van der Waals surface area contributed by atoms with E-state index in [1.165, 1.54) is 0 Å². The SMILES string of the molecule is COc1ccc(C=NNC(=O)Cn2c(-c3nonc3N)nc3ccccc32)cc1. The number of nitrogens with one attached hydrogen (secondary N) is 1. The van der Waals surface area contributed by atoms with E-state index in [-0.39, 0.29) is 24.0 Å². The maximum Gasteiger partial charge on any atom is 0.260 e. The highest BCUT2D eigenvalue weighted by molar-refractivity contribution is 5.86. The molecule has 10 nitrogen and oxygen atoms in total. The van der Waals surface area contributed by atoms with Crippen molar-refractivity contribution >= 4 is 29.0 Å². The highest BCUT2D eigenvalue weighted by atomic mass is 16.6. The van der Waals surface area contributed by atoms with E-state index in [1.807, 2.05) is 48.5 Å². The van der Waals surface area contributed by atoms with Gasteiger partial charge in [0.1, 0.15) is 12.3 Å². The molecule has 0 radical (unpaired) electrons. The number of nitrogens with zero attached hydrogens (tertiary/aromatic N) is 5. The van der Waals surface area contributed by atoms with Crippen molar-refractivity contribution in [3.05, 3.63) is 54.1 Å². The van der Waals surface area contributed by atoms with Crippen molar-refractivity contribution in [2.45, 2.75) is 6.54 Å². The Bertz CT molecular complexity index is 1180. The number of aromatic nitrogens is 4. The number of nitrogen functional groups attached to an aromatic ring is 1. The molecule has 0 saturated carbocycles. The molecule has 2 aromatic carbocycles. The lowest BCUT2D eigenvalue weighted by atomic mass is 10.2. The number of methoxy groups -OCH3 is 1. The molecule has 4 rings (SSSR count). The van der Waals surface area contributed by atoms with Gasteiger partial charge in [-0.1, -0.05) is 12.1 Å². The minimum absolute atomic E-state index is 0.0396. The minimum Gasteiger partial charge on any atom is -0.497 e. The highest BCUT2D eigenvalue weighted by Gasteiger charge is 2.20. The number of fused-ring (bicyclic) bond motifs is 1. The van der Waals surface area contributed by atoms with E-state index < -0.39 is 0 Å². The van der Waals surface area contributed by atoms with Crippen LogP contribution in [0.3, 0.4) is 0 Å². The maximum absolute atomic E-state index is 12.5. The summed E-state index contributed by atoms with van der Waals surface area (Å²) in [5.41, 5.74) is 10.9. The Morgan fingerprint density at radius 2 is 2.03 bits per heavy atom. The van der Waals surface area contributed by atoms with Crippen molar-refractivity contribution in [3.8, 4) is 17.3 Å². The van der Waals surface area contributed by atoms with Crippen LogP contribution in [0.1, 0.15) is 5.56 Å². The number of carbonyl (C=O) groups excluding carboxylic acids is 1. The zero-order valence-electron chi connectivity index (χ0n) is 15.4. The lowest BCUT2D eigenvalue weighted by Crippen LogP contribution is -2.23. The summed E-state index contributed by atoms with van der Waals surface area (Å²) in [5.74, 6) is 0.889. The van der Waals surface area contributed by atoms with E-state index in [9.17, 15) is 4.79 Å². The van der Waals surface area contributed by atoms with Crippen molar-refractivity contribution in [2.75, 3.05) is 12.8 Å². The summed E-state index contributed by atoms with van der Waals surface area (Å²) < 4.78 is 11.5. The van der Waals surface area contributed by atoms with E-state index in [0.717, 1.165) is 16.8 Å². The van der Waals surface area contributed by atoms with Crippen molar-refractivity contribution in [3.63, 3.8) is 0 Å². The number of hydrogen-bond donors (Lipinski definition) is 2. The lowest BCUT2D eigenvalue weighted by molar-refractivity contribution is -0.121. The standard InChI is InChI=1S/C19H17N7O3/c1-28-13-8-6-12(7-9-13)10-21-23-16(27)11-26-15-5-3-2-4-14(15)22-19(26)17-18(20)25-29-24-17/h2-10H,11H2,1H3,(H2,20,25)(H,23,27). The van der Waals surface area contributed by atoms with Gasteiger partial charge in [-0.25, -0.2) is 15.0 Å². The summed E-state index contributed by atoms with van der Waals surface area (Å²) in [7, 11) is 1.60. The molecule has 0 bridgehead atoms. The van der Waals surface area contributed by atoms with Crippen LogP contribution in [-0.4, -0.2) is 39.1 Å². The van der Waals surface area contributed by atoms with Gasteiger partial charge >= 0.3 is 0 Å². The second-order valence-electron chi connectivity index (χ2n) is 6.07. The van der Waals surface area contributed by atoms with Gasteiger partial charge in [-0.05, 0) is 52.3 Å². The van der Waals surface area contributed by atoms with E-state index in [1.54, 1.807) is 17.9 Å². The maximum atomic E-state index is 12.5. The molecule has 1 amide bonds. The Kier molecular flexibility index (Phi) is 4.89. The van der Waals surface area contributed by atoms with Crippen molar-refractivity contribution in [2.24, 2.45) is 5.10 Å². The second-order valence-corrected chi connectivity index (χ2v) is 6.07. The summed E-state index contributed by atoms with van der Waals surface area (Å²) in [6.45, 7) is -0.0396. The fourth-order valence-corrected chi connectivity index (χ4v) is 2.81. The third-order valence-corrected chi connectivity index (χ3v) is 4.20. The second kappa shape index (κ2) is 7.80. The fraction of sp³-hybridized carbons (Fsp3) is 0.105. The summed E-state index contributed by atoms with van der Waals surface area (Å²) in [5, 5.41) is 11.4. The van der Waals surface area contributed by atoms with Gasteiger partial charge in [0.25, 0.3) is 5.91 Å². The first-order valence-corrected chi connectivity index (χ1v) is 8.65. The monoisotopic (exact) mass is 391 g/mol. The molecule has 0 aliphatic heterocycles. The minimum atomic E-state index is -0.339. The van der Waals surface area contributed by atoms with Crippen LogP contribution in [0.15, 0.2) is 58.3 Å². The van der Waals surface area contributed by atoms with Crippen LogP contribution < -0.4 is 15.9 Å². The predicted octanol–water partition coefficient (Wildman–Crippen LogP) is 1.83. The summed E-state index contributed by atoms with van der Waals surface area (Å²) in [6.07, 6.45) is 1.55. The number of para-hydroxylation sites is 2. The third kappa shape index (κ3) is 3.76. The predicted molar refractivity (Wildman–Crippen MR) is 106 cm³/mol. The van der Waals surface area contributed by atoms with Crippen LogP contribution in [-0.2, 0) is 11.3 Å².